The summed E-state index contributed by atoms with van der Waals surface area (Å²) in [4.78, 5) is 0. The van der Waals surface area contributed by atoms with Gasteiger partial charge in [-0.25, -0.2) is 0 Å². The second kappa shape index (κ2) is 4.99. The number of hydrogen-bond donors (Lipinski definition) is 1. The van der Waals surface area contributed by atoms with Crippen molar-refractivity contribution >= 4 is 0 Å². The van der Waals surface area contributed by atoms with Gasteiger partial charge in [-0.1, -0.05) is 18.2 Å². The van der Waals surface area contributed by atoms with E-state index in [4.69, 9.17) is 0 Å². The van der Waals surface area contributed by atoms with Crippen LogP contribution in [0.5, 0.6) is 0 Å². The molecule has 0 aromatic heterocycles. The summed E-state index contributed by atoms with van der Waals surface area (Å²) < 4.78 is 30.3. The molecule has 1 spiro atoms. The van der Waals surface area contributed by atoms with Crippen molar-refractivity contribution in [2.75, 3.05) is 13.1 Å². The monoisotopic (exact) mass is 281 g/mol. The molecule has 0 unspecified atom stereocenters. The first-order valence-corrected chi connectivity index (χ1v) is 7.28. The first-order chi connectivity index (χ1) is 9.44. The molecule has 2 aliphatic carbocycles. The maximum Gasteiger partial charge on any atom is 0.394 e. The second-order valence-corrected chi connectivity index (χ2v) is 6.47. The molecule has 0 radical (unpaired) electrons. The van der Waals surface area contributed by atoms with Gasteiger partial charge in [0.2, 0.25) is 0 Å². The van der Waals surface area contributed by atoms with Crippen molar-refractivity contribution in [3.05, 3.63) is 35.6 Å². The zero-order valence-corrected chi connectivity index (χ0v) is 11.8. The van der Waals surface area contributed by atoms with Crippen LogP contribution in [0.2, 0.25) is 0 Å². The normalized spacial score (nSPS) is 25.4. The molecule has 2 nitrogen and oxygen atoms in total. The van der Waals surface area contributed by atoms with Gasteiger partial charge in [0.1, 0.15) is 5.76 Å². The Kier molecular flexibility index (Phi) is 3.44. The summed E-state index contributed by atoms with van der Waals surface area (Å²) in [6.45, 7) is 3.11. The maximum absolute atomic E-state index is 12.8. The number of alkyl halides is 2. The zero-order chi connectivity index (χ0) is 14.2. The molecule has 3 rings (SSSR count). The molecule has 110 valence electrons. The molecule has 20 heavy (non-hydrogen) atoms. The first-order valence-electron chi connectivity index (χ1n) is 7.28. The fourth-order valence-corrected chi connectivity index (χ4v) is 3.50. The highest BCUT2D eigenvalue weighted by molar-refractivity contribution is 5.30. The van der Waals surface area contributed by atoms with Gasteiger partial charge in [-0.3, -0.25) is 0 Å². The fourth-order valence-electron chi connectivity index (χ4n) is 3.50. The summed E-state index contributed by atoms with van der Waals surface area (Å²) in [6.07, 6.45) is 8.54. The highest BCUT2D eigenvalue weighted by Crippen LogP contribution is 2.50. The van der Waals surface area contributed by atoms with Crippen LogP contribution in [0.15, 0.2) is 35.6 Å². The van der Waals surface area contributed by atoms with E-state index in [9.17, 15) is 8.78 Å². The molecule has 0 aromatic carbocycles. The Bertz CT molecular complexity index is 461. The van der Waals surface area contributed by atoms with E-state index >= 15 is 0 Å². The fraction of sp³-hybridized carbons (Fsp3) is 0.625. The molecule has 1 N–H and O–H groups in total. The van der Waals surface area contributed by atoms with Crippen LogP contribution >= 0.6 is 0 Å². The number of hydrogen-bond acceptors (Lipinski definition) is 2. The van der Waals surface area contributed by atoms with Crippen molar-refractivity contribution in [2.45, 2.75) is 38.7 Å². The molecule has 2 fully saturated rings. The van der Waals surface area contributed by atoms with E-state index in [1.165, 1.54) is 31.5 Å². The van der Waals surface area contributed by atoms with Crippen LogP contribution in [-0.4, -0.2) is 19.2 Å². The Morgan fingerprint density at radius 3 is 2.70 bits per heavy atom. The smallest absolute Gasteiger partial charge is 0.394 e. The minimum Gasteiger partial charge on any atom is -0.437 e. The third kappa shape index (κ3) is 3.11. The van der Waals surface area contributed by atoms with Gasteiger partial charge in [0.05, 0.1) is 0 Å². The Morgan fingerprint density at radius 2 is 2.10 bits per heavy atom. The molecule has 1 saturated heterocycles. The Balaban J connectivity index is 1.54. The Hall–Kier alpha value is -1.16. The van der Waals surface area contributed by atoms with Crippen LogP contribution in [-0.2, 0) is 4.74 Å². The van der Waals surface area contributed by atoms with Crippen LogP contribution in [0, 0.1) is 11.3 Å². The van der Waals surface area contributed by atoms with E-state index in [0.717, 1.165) is 19.3 Å². The van der Waals surface area contributed by atoms with Crippen molar-refractivity contribution < 1.29 is 13.5 Å². The van der Waals surface area contributed by atoms with Crippen molar-refractivity contribution in [3.63, 3.8) is 0 Å². The zero-order valence-electron chi connectivity index (χ0n) is 11.8. The van der Waals surface area contributed by atoms with Crippen molar-refractivity contribution in [3.8, 4) is 0 Å². The number of ether oxygens (including phenoxy) is 1. The van der Waals surface area contributed by atoms with Crippen molar-refractivity contribution in [1.29, 1.82) is 0 Å². The summed E-state index contributed by atoms with van der Waals surface area (Å²) >= 11 is 0. The summed E-state index contributed by atoms with van der Waals surface area (Å²) in [7, 11) is 0. The summed E-state index contributed by atoms with van der Waals surface area (Å²) in [5.74, 6) is 1.08. The lowest BCUT2D eigenvalue weighted by Crippen LogP contribution is -2.60. The van der Waals surface area contributed by atoms with E-state index in [1.807, 2.05) is 18.2 Å². The third-order valence-electron chi connectivity index (χ3n) is 4.41. The molecule has 1 aliphatic heterocycles. The molecular weight excluding hydrogens is 260 g/mol. The topological polar surface area (TPSA) is 21.3 Å². The molecule has 0 amide bonds. The lowest BCUT2D eigenvalue weighted by atomic mass is 9.57. The number of rotatable bonds is 4. The third-order valence-corrected chi connectivity index (χ3v) is 4.41. The molecule has 0 bridgehead atoms. The highest BCUT2D eigenvalue weighted by atomic mass is 19.3. The minimum absolute atomic E-state index is 0.331. The van der Waals surface area contributed by atoms with Gasteiger partial charge >= 0.3 is 6.11 Å². The summed E-state index contributed by atoms with van der Waals surface area (Å²) in [5.41, 5.74) is 1.81. The molecule has 1 saturated carbocycles. The number of halogens is 2. The van der Waals surface area contributed by atoms with Crippen LogP contribution < -0.4 is 5.32 Å². The standard InChI is InChI=1S/C16H21F2NO/c1-15(17,18)20-14-4-2-3-12(5-6-14)7-13-8-16(9-13)10-19-11-16/h2-3,5-6,13,19H,4,7-11H2,1H3. The van der Waals surface area contributed by atoms with Crippen LogP contribution in [0.25, 0.3) is 0 Å². The van der Waals surface area contributed by atoms with E-state index in [2.05, 4.69) is 10.1 Å². The lowest BCUT2D eigenvalue weighted by molar-refractivity contribution is -0.199. The molecule has 0 atom stereocenters. The van der Waals surface area contributed by atoms with Crippen LogP contribution in [0.3, 0.4) is 0 Å². The highest BCUT2D eigenvalue weighted by Gasteiger charge is 2.47. The minimum atomic E-state index is -3.10. The van der Waals surface area contributed by atoms with E-state index < -0.39 is 6.11 Å². The van der Waals surface area contributed by atoms with Gasteiger partial charge in [-0.2, -0.15) is 8.78 Å². The molecule has 3 aliphatic rings. The van der Waals surface area contributed by atoms with Gasteiger partial charge in [0, 0.05) is 26.4 Å². The lowest BCUT2D eigenvalue weighted by Gasteiger charge is -2.54. The van der Waals surface area contributed by atoms with E-state index in [1.54, 1.807) is 6.08 Å². The predicted molar refractivity (Wildman–Crippen MR) is 74.3 cm³/mol. The van der Waals surface area contributed by atoms with Gasteiger partial charge in [0.25, 0.3) is 0 Å². The average Bonchev–Trinajstić information content (AvgIpc) is 2.43. The predicted octanol–water partition coefficient (Wildman–Crippen LogP) is 3.78. The van der Waals surface area contributed by atoms with Gasteiger partial charge in [0.15, 0.2) is 0 Å². The quantitative estimate of drug-likeness (QED) is 0.847. The summed E-state index contributed by atoms with van der Waals surface area (Å²) in [5, 5.41) is 3.34. The SMILES string of the molecule is CC(F)(F)OC1=CC=C(CC2CC3(CNC3)C2)C=CC1. The molecular formula is C16H21F2NO. The Labute approximate surface area is 118 Å². The first kappa shape index (κ1) is 13.8. The van der Waals surface area contributed by atoms with Gasteiger partial charge in [-0.05, 0) is 42.2 Å². The van der Waals surface area contributed by atoms with Gasteiger partial charge < -0.3 is 10.1 Å². The van der Waals surface area contributed by atoms with Crippen molar-refractivity contribution in [2.24, 2.45) is 11.3 Å². The second-order valence-electron chi connectivity index (χ2n) is 6.47. The number of allylic oxidation sites excluding steroid dienone is 5. The van der Waals surface area contributed by atoms with E-state index in [0.29, 0.717) is 17.6 Å². The number of nitrogens with one attached hydrogen (secondary N) is 1. The van der Waals surface area contributed by atoms with E-state index in [-0.39, 0.29) is 0 Å². The molecule has 1 heterocycles. The summed E-state index contributed by atoms with van der Waals surface area (Å²) in [6, 6.07) is 0. The molecule has 0 aromatic rings. The Morgan fingerprint density at radius 1 is 1.35 bits per heavy atom. The largest absolute Gasteiger partial charge is 0.437 e. The molecule has 4 heteroatoms. The van der Waals surface area contributed by atoms with Crippen LogP contribution in [0.1, 0.15) is 32.6 Å². The maximum atomic E-state index is 12.8. The van der Waals surface area contributed by atoms with Crippen LogP contribution in [0.4, 0.5) is 8.78 Å². The van der Waals surface area contributed by atoms with Gasteiger partial charge in [-0.15, -0.1) is 0 Å². The average molecular weight is 281 g/mol. The van der Waals surface area contributed by atoms with Crippen molar-refractivity contribution in [1.82, 2.24) is 5.32 Å².